The van der Waals surface area contributed by atoms with Crippen molar-refractivity contribution in [3.63, 3.8) is 0 Å². The van der Waals surface area contributed by atoms with Crippen LogP contribution in [0.25, 0.3) is 10.9 Å². The third kappa shape index (κ3) is 3.21. The number of aliphatic carboxylic acids is 1. The van der Waals surface area contributed by atoms with Crippen molar-refractivity contribution < 1.29 is 24.6 Å². The lowest BCUT2D eigenvalue weighted by Gasteiger charge is -2.34. The molecule has 0 radical (unpaired) electrons. The molecule has 3 aromatic rings. The van der Waals surface area contributed by atoms with Gasteiger partial charge in [-0.2, -0.15) is 0 Å². The highest BCUT2D eigenvalue weighted by atomic mass is 16.4. The summed E-state index contributed by atoms with van der Waals surface area (Å²) in [6.07, 6.45) is -1.45. The van der Waals surface area contributed by atoms with Gasteiger partial charge in [-0.25, -0.2) is 9.78 Å². The van der Waals surface area contributed by atoms with Crippen LogP contribution in [0.1, 0.15) is 49.4 Å². The van der Waals surface area contributed by atoms with Crippen LogP contribution in [0.4, 0.5) is 5.69 Å². The van der Waals surface area contributed by atoms with Crippen LogP contribution in [0.15, 0.2) is 53.3 Å². The number of anilines is 1. The van der Waals surface area contributed by atoms with E-state index in [2.05, 4.69) is 10.3 Å². The Kier molecular flexibility index (Phi) is 4.94. The van der Waals surface area contributed by atoms with Gasteiger partial charge in [-0.1, -0.05) is 30.3 Å². The number of nitrogens with zero attached hydrogens (tertiary/aromatic N) is 3. The smallest absolute Gasteiger partial charge is 0.327 e. The number of aromatic nitrogens is 2. The van der Waals surface area contributed by atoms with Gasteiger partial charge in [0.15, 0.2) is 11.6 Å². The molecule has 180 valence electrons. The first-order valence-electron chi connectivity index (χ1n) is 11.2. The van der Waals surface area contributed by atoms with Crippen molar-refractivity contribution in [2.24, 2.45) is 0 Å². The zero-order valence-corrected chi connectivity index (χ0v) is 19.3. The number of Topliss-reactive ketones (excluding diaryl/α,β-unsaturated/α-hetero) is 1. The van der Waals surface area contributed by atoms with Crippen molar-refractivity contribution in [3.8, 4) is 0 Å². The Bertz CT molecular complexity index is 1480. The molecule has 1 aromatic heterocycles. The van der Waals surface area contributed by atoms with Crippen molar-refractivity contribution >= 4 is 34.3 Å². The minimum atomic E-state index is -1.87. The van der Waals surface area contributed by atoms with Crippen LogP contribution in [-0.4, -0.2) is 49.1 Å². The molecule has 0 spiro atoms. The molecule has 2 aliphatic heterocycles. The SMILES string of the molecule is CC(=O)c1nc2ccccc2c(=O)n1[C@H](C[C@]1(O)c2ccccc2N2C(=O)C(C)(C)N[C@H]21)C(=O)O. The Morgan fingerprint density at radius 3 is 2.46 bits per heavy atom. The van der Waals surface area contributed by atoms with Gasteiger partial charge in [0.2, 0.25) is 5.91 Å². The monoisotopic (exact) mass is 476 g/mol. The summed E-state index contributed by atoms with van der Waals surface area (Å²) in [5.41, 5.74) is -2.49. The summed E-state index contributed by atoms with van der Waals surface area (Å²) in [6.45, 7) is 4.56. The summed E-state index contributed by atoms with van der Waals surface area (Å²) < 4.78 is 0.845. The number of fused-ring (bicyclic) bond motifs is 4. The van der Waals surface area contributed by atoms with E-state index in [1.807, 2.05) is 0 Å². The number of carbonyl (C=O) groups is 3. The van der Waals surface area contributed by atoms with E-state index in [0.717, 1.165) is 4.57 Å². The van der Waals surface area contributed by atoms with Crippen LogP contribution < -0.4 is 15.8 Å². The fourth-order valence-corrected chi connectivity index (χ4v) is 5.15. The summed E-state index contributed by atoms with van der Waals surface area (Å²) >= 11 is 0. The molecule has 1 amide bonds. The summed E-state index contributed by atoms with van der Waals surface area (Å²) in [5.74, 6) is -2.59. The topological polar surface area (TPSA) is 142 Å². The second-order valence-corrected chi connectivity index (χ2v) is 9.53. The van der Waals surface area contributed by atoms with Gasteiger partial charge in [-0.15, -0.1) is 0 Å². The average molecular weight is 476 g/mol. The number of carboxylic acids is 1. The van der Waals surface area contributed by atoms with E-state index in [0.29, 0.717) is 11.3 Å². The standard InChI is InChI=1S/C25H24N4O6/c1-13(30)19-26-16-10-6-4-8-14(16)20(31)28(19)18(21(32)33)12-25(35)15-9-5-7-11-17(15)29-22(25)27-24(2,3)23(29)34/h4-11,18,22,27,35H,12H2,1-3H3,(H,32,33)/t18-,22-,25+/m1/s1. The third-order valence-corrected chi connectivity index (χ3v) is 6.82. The maximum atomic E-state index is 13.5. The molecule has 10 heteroatoms. The van der Waals surface area contributed by atoms with Crippen LogP contribution in [0.3, 0.4) is 0 Å². The minimum Gasteiger partial charge on any atom is -0.480 e. The number of hydrogen-bond acceptors (Lipinski definition) is 7. The number of carboxylic acid groups (broad SMARTS) is 1. The molecule has 3 atom stereocenters. The molecular weight excluding hydrogens is 452 g/mol. The van der Waals surface area contributed by atoms with Gasteiger partial charge in [0.1, 0.15) is 17.8 Å². The predicted molar refractivity (Wildman–Crippen MR) is 126 cm³/mol. The first-order chi connectivity index (χ1) is 16.5. The van der Waals surface area contributed by atoms with Crippen molar-refractivity contribution in [2.45, 2.75) is 50.5 Å². The number of carbonyl (C=O) groups excluding carboxylic acids is 2. The van der Waals surface area contributed by atoms with Crippen LogP contribution in [0.2, 0.25) is 0 Å². The highest BCUT2D eigenvalue weighted by Crippen LogP contribution is 2.50. The molecule has 10 nitrogen and oxygen atoms in total. The summed E-state index contributed by atoms with van der Waals surface area (Å²) in [7, 11) is 0. The van der Waals surface area contributed by atoms with E-state index >= 15 is 0 Å². The van der Waals surface area contributed by atoms with Gasteiger partial charge in [0, 0.05) is 18.9 Å². The maximum absolute atomic E-state index is 13.5. The lowest BCUT2D eigenvalue weighted by atomic mass is 9.86. The molecule has 2 aliphatic rings. The Labute approximate surface area is 199 Å². The molecule has 5 rings (SSSR count). The molecule has 3 N–H and O–H groups in total. The van der Waals surface area contributed by atoms with Crippen molar-refractivity contribution in [1.29, 1.82) is 0 Å². The Morgan fingerprint density at radius 2 is 1.77 bits per heavy atom. The molecule has 0 aliphatic carbocycles. The summed E-state index contributed by atoms with van der Waals surface area (Å²) in [6, 6.07) is 11.4. The number of nitrogens with one attached hydrogen (secondary N) is 1. The van der Waals surface area contributed by atoms with Gasteiger partial charge in [-0.3, -0.25) is 29.2 Å². The van der Waals surface area contributed by atoms with Crippen LogP contribution in [-0.2, 0) is 15.2 Å². The highest BCUT2D eigenvalue weighted by Gasteiger charge is 2.61. The van der Waals surface area contributed by atoms with Gasteiger partial charge in [-0.05, 0) is 32.0 Å². The zero-order chi connectivity index (χ0) is 25.3. The first-order valence-corrected chi connectivity index (χ1v) is 11.2. The number of benzene rings is 2. The van der Waals surface area contributed by atoms with Crippen molar-refractivity contribution in [3.05, 3.63) is 70.3 Å². The van der Waals surface area contributed by atoms with Crippen LogP contribution in [0.5, 0.6) is 0 Å². The van der Waals surface area contributed by atoms with E-state index in [-0.39, 0.29) is 22.6 Å². The minimum absolute atomic E-state index is 0.152. The fourth-order valence-electron chi connectivity index (χ4n) is 5.15. The van der Waals surface area contributed by atoms with Gasteiger partial charge in [0.25, 0.3) is 5.56 Å². The van der Waals surface area contributed by atoms with E-state index in [1.165, 1.54) is 17.9 Å². The maximum Gasteiger partial charge on any atom is 0.327 e. The van der Waals surface area contributed by atoms with Gasteiger partial charge >= 0.3 is 5.97 Å². The second kappa shape index (κ2) is 7.56. The number of hydrogen-bond donors (Lipinski definition) is 3. The largest absolute Gasteiger partial charge is 0.480 e. The zero-order valence-electron chi connectivity index (χ0n) is 19.3. The molecule has 35 heavy (non-hydrogen) atoms. The van der Waals surface area contributed by atoms with Crippen molar-refractivity contribution in [1.82, 2.24) is 14.9 Å². The Hall–Kier alpha value is -3.89. The lowest BCUT2D eigenvalue weighted by molar-refractivity contribution is -0.144. The van der Waals surface area contributed by atoms with Crippen molar-refractivity contribution in [2.75, 3.05) is 4.90 Å². The van der Waals surface area contributed by atoms with E-state index < -0.39 is 47.1 Å². The first kappa shape index (κ1) is 22.9. The molecule has 3 heterocycles. The molecule has 1 fully saturated rings. The molecular formula is C25H24N4O6. The number of aliphatic hydroxyl groups is 1. The van der Waals surface area contributed by atoms with Gasteiger partial charge in [0.05, 0.1) is 22.1 Å². The van der Waals surface area contributed by atoms with Crippen LogP contribution >= 0.6 is 0 Å². The number of ketones is 1. The summed E-state index contributed by atoms with van der Waals surface area (Å²) in [4.78, 5) is 57.3. The normalized spacial score (nSPS) is 23.3. The average Bonchev–Trinajstić information content (AvgIpc) is 3.20. The highest BCUT2D eigenvalue weighted by molar-refractivity contribution is 6.05. The number of amides is 1. The third-order valence-electron chi connectivity index (χ3n) is 6.82. The molecule has 0 unspecified atom stereocenters. The van der Waals surface area contributed by atoms with Crippen LogP contribution in [0, 0.1) is 0 Å². The molecule has 0 bridgehead atoms. The predicted octanol–water partition coefficient (Wildman–Crippen LogP) is 1.56. The number of para-hydroxylation sites is 2. The van der Waals surface area contributed by atoms with E-state index in [1.54, 1.807) is 56.3 Å². The Balaban J connectivity index is 1.71. The fraction of sp³-hybridized carbons (Fsp3) is 0.320. The Morgan fingerprint density at radius 1 is 1.11 bits per heavy atom. The summed E-state index contributed by atoms with van der Waals surface area (Å²) in [5, 5.41) is 25.5. The van der Waals surface area contributed by atoms with E-state index in [4.69, 9.17) is 0 Å². The number of rotatable bonds is 5. The molecule has 1 saturated heterocycles. The molecule has 2 aromatic carbocycles. The molecule has 0 saturated carbocycles. The lowest BCUT2D eigenvalue weighted by Crippen LogP contribution is -2.52. The van der Waals surface area contributed by atoms with Gasteiger partial charge < -0.3 is 10.2 Å². The second-order valence-electron chi connectivity index (χ2n) is 9.53. The van der Waals surface area contributed by atoms with E-state index in [9.17, 15) is 29.4 Å². The quantitative estimate of drug-likeness (QED) is 0.471.